The smallest absolute Gasteiger partial charge is 0.457 e. The van der Waals surface area contributed by atoms with Crippen LogP contribution < -0.4 is 4.74 Å². The van der Waals surface area contributed by atoms with Gasteiger partial charge in [-0.25, -0.2) is 14.0 Å². The Bertz CT molecular complexity index is 2430. The zero-order valence-electron chi connectivity index (χ0n) is 39.1. The minimum Gasteiger partial charge on any atom is -0.457 e. The van der Waals surface area contributed by atoms with Crippen molar-refractivity contribution >= 4 is 43.9 Å². The maximum Gasteiger partial charge on any atom is 0.514 e. The molecule has 3 aromatic rings. The number of esters is 3. The van der Waals surface area contributed by atoms with E-state index in [1.165, 1.54) is 43.3 Å². The molecular formula is C51H59FO14Si. The normalized spacial score (nSPS) is 29.7. The summed E-state index contributed by atoms with van der Waals surface area (Å²) < 4.78 is 58.5. The number of ketones is 2. The van der Waals surface area contributed by atoms with E-state index in [9.17, 15) is 33.5 Å². The number of benzene rings is 3. The molecule has 16 heteroatoms. The van der Waals surface area contributed by atoms with Gasteiger partial charge < -0.3 is 38.0 Å². The summed E-state index contributed by atoms with van der Waals surface area (Å²) in [6.45, 7) is 13.4. The van der Waals surface area contributed by atoms with Crippen LogP contribution >= 0.6 is 0 Å². The monoisotopic (exact) mass is 942 g/mol. The Labute approximate surface area is 390 Å². The van der Waals surface area contributed by atoms with Gasteiger partial charge in [0.25, 0.3) is 0 Å². The molecule has 14 nitrogen and oxygen atoms in total. The van der Waals surface area contributed by atoms with Gasteiger partial charge in [-0.05, 0) is 79.5 Å². The number of para-hydroxylation sites is 1. The highest BCUT2D eigenvalue weighted by molar-refractivity contribution is 6.73. The standard InChI is InChI=1S/C51H59FO14Si/c1-9-67(10-2,11-3)66-38-27-39-50(29-60-39,65-31(5)53)43-45(64-46(57)32-19-14-12-15-20-32)51(59)28-37(62-40(55)26-36(54)33-21-18-22-34(52)25-33)30(4)41(48(51,6)7)42(44(56)49(38,43)8)63-47(58)61-35-23-16-13-17-24-35/h12-25,37-39,42-43,45,59H,9-11,26-29H2,1-8H3/t37-,38-,39+,42+,43-,45-,49+,50-,51+/m0/s1. The largest absolute Gasteiger partial charge is 0.514 e. The van der Waals surface area contributed by atoms with Crippen LogP contribution in [0, 0.1) is 22.6 Å². The van der Waals surface area contributed by atoms with E-state index >= 15 is 4.79 Å². The summed E-state index contributed by atoms with van der Waals surface area (Å²) in [7, 11) is -2.68. The number of Topliss-reactive ketones (excluding diaryl/α,β-unsaturated/α-hetero) is 2. The zero-order valence-corrected chi connectivity index (χ0v) is 40.1. The van der Waals surface area contributed by atoms with Crippen LogP contribution in [0.1, 0.15) is 95.4 Å². The molecule has 0 radical (unpaired) electrons. The second-order valence-electron chi connectivity index (χ2n) is 18.9. The van der Waals surface area contributed by atoms with E-state index in [1.54, 1.807) is 64.1 Å². The Hall–Kier alpha value is -5.55. The van der Waals surface area contributed by atoms with Gasteiger partial charge in [-0.15, -0.1) is 0 Å². The van der Waals surface area contributed by atoms with E-state index in [-0.39, 0.29) is 41.1 Å². The summed E-state index contributed by atoms with van der Waals surface area (Å²) in [4.78, 5) is 85.8. The van der Waals surface area contributed by atoms with Crippen LogP contribution in [0.15, 0.2) is 96.1 Å². The molecule has 3 aromatic carbocycles. The van der Waals surface area contributed by atoms with E-state index in [1.807, 2.05) is 20.8 Å². The van der Waals surface area contributed by atoms with E-state index in [0.717, 1.165) is 12.1 Å². The van der Waals surface area contributed by atoms with Crippen LogP contribution in [0.4, 0.5) is 9.18 Å². The van der Waals surface area contributed by atoms with Crippen LogP contribution in [-0.2, 0) is 42.5 Å². The first-order valence-corrected chi connectivity index (χ1v) is 25.4. The van der Waals surface area contributed by atoms with Gasteiger partial charge in [0.15, 0.2) is 31.6 Å². The lowest BCUT2D eigenvalue weighted by Crippen LogP contribution is -2.82. The third kappa shape index (κ3) is 8.77. The average molecular weight is 943 g/mol. The predicted molar refractivity (Wildman–Crippen MR) is 242 cm³/mol. The van der Waals surface area contributed by atoms with Crippen molar-refractivity contribution in [2.75, 3.05) is 6.61 Å². The third-order valence-corrected chi connectivity index (χ3v) is 19.7. The highest BCUT2D eigenvalue weighted by Crippen LogP contribution is 2.65. The van der Waals surface area contributed by atoms with Crippen molar-refractivity contribution in [3.63, 3.8) is 0 Å². The number of halogens is 1. The fraction of sp³-hybridized carbons (Fsp3) is 0.490. The first-order chi connectivity index (χ1) is 31.7. The van der Waals surface area contributed by atoms with Crippen molar-refractivity contribution in [3.05, 3.63) is 113 Å². The van der Waals surface area contributed by atoms with E-state index < -0.39 is 121 Å². The zero-order chi connectivity index (χ0) is 48.7. The van der Waals surface area contributed by atoms with Crippen molar-refractivity contribution in [2.24, 2.45) is 16.7 Å². The molecule has 0 amide bonds. The number of aliphatic hydroxyl groups is 1. The number of carbonyl (C=O) groups excluding carboxylic acids is 6. The van der Waals surface area contributed by atoms with Crippen molar-refractivity contribution in [1.82, 2.24) is 0 Å². The van der Waals surface area contributed by atoms with Crippen molar-refractivity contribution in [1.29, 1.82) is 0 Å². The number of hydrogen-bond acceptors (Lipinski definition) is 14. The lowest BCUT2D eigenvalue weighted by Gasteiger charge is -2.68. The Balaban J connectivity index is 1.48. The molecule has 2 bridgehead atoms. The van der Waals surface area contributed by atoms with Crippen LogP contribution in [0.2, 0.25) is 18.1 Å². The van der Waals surface area contributed by atoms with Gasteiger partial charge in [0.05, 0.1) is 29.6 Å². The van der Waals surface area contributed by atoms with E-state index in [4.69, 9.17) is 32.8 Å². The second kappa shape index (κ2) is 18.9. The molecule has 2 saturated carbocycles. The van der Waals surface area contributed by atoms with Crippen molar-refractivity contribution in [3.8, 4) is 5.75 Å². The molecule has 4 aliphatic rings. The summed E-state index contributed by atoms with van der Waals surface area (Å²) in [6, 6.07) is 22.9. The van der Waals surface area contributed by atoms with Crippen LogP contribution in [0.25, 0.3) is 0 Å². The number of hydrogen-bond donors (Lipinski definition) is 1. The molecule has 3 fully saturated rings. The number of fused-ring (bicyclic) bond motifs is 5. The molecule has 3 aliphatic carbocycles. The van der Waals surface area contributed by atoms with Gasteiger partial charge in [-0.1, -0.05) is 83.1 Å². The van der Waals surface area contributed by atoms with Crippen LogP contribution in [0.5, 0.6) is 5.75 Å². The second-order valence-corrected chi connectivity index (χ2v) is 23.6. The first kappa shape index (κ1) is 49.4. The van der Waals surface area contributed by atoms with Gasteiger partial charge in [0.1, 0.15) is 41.9 Å². The summed E-state index contributed by atoms with van der Waals surface area (Å²) in [5, 5.41) is 14.0. The quantitative estimate of drug-likeness (QED) is 0.0309. The predicted octanol–water partition coefficient (Wildman–Crippen LogP) is 8.30. The molecule has 1 aliphatic heterocycles. The highest BCUT2D eigenvalue weighted by Gasteiger charge is 2.79. The molecule has 1 heterocycles. The maximum absolute atomic E-state index is 16.5. The lowest BCUT2D eigenvalue weighted by molar-refractivity contribution is -0.344. The van der Waals surface area contributed by atoms with Gasteiger partial charge in [0.2, 0.25) is 0 Å². The number of ether oxygens (including phenoxy) is 6. The first-order valence-electron chi connectivity index (χ1n) is 22.8. The molecule has 9 atom stereocenters. The summed E-state index contributed by atoms with van der Waals surface area (Å²) in [5.74, 6) is -6.21. The average Bonchev–Trinajstić information content (AvgIpc) is 3.29. The van der Waals surface area contributed by atoms with Gasteiger partial charge in [0, 0.05) is 30.7 Å². The van der Waals surface area contributed by atoms with E-state index in [0.29, 0.717) is 18.1 Å². The molecule has 67 heavy (non-hydrogen) atoms. The summed E-state index contributed by atoms with van der Waals surface area (Å²) in [6.07, 6.45) is -9.60. The topological polar surface area (TPSA) is 187 Å². The van der Waals surface area contributed by atoms with Crippen molar-refractivity contribution < 1.29 is 71.1 Å². The maximum atomic E-state index is 16.5. The number of rotatable bonds is 14. The molecule has 0 aromatic heterocycles. The van der Waals surface area contributed by atoms with Gasteiger partial charge in [-0.3, -0.25) is 19.2 Å². The molecule has 1 saturated heterocycles. The highest BCUT2D eigenvalue weighted by atomic mass is 28.4. The third-order valence-electron chi connectivity index (χ3n) is 15.1. The fourth-order valence-corrected chi connectivity index (χ4v) is 14.0. The Kier molecular flexibility index (Phi) is 13.9. The Morgan fingerprint density at radius 1 is 0.851 bits per heavy atom. The molecule has 1 N–H and O–H groups in total. The fourth-order valence-electron chi connectivity index (χ4n) is 11.1. The van der Waals surface area contributed by atoms with E-state index in [2.05, 4.69) is 0 Å². The molecular weight excluding hydrogens is 884 g/mol. The Morgan fingerprint density at radius 3 is 2.06 bits per heavy atom. The lowest BCUT2D eigenvalue weighted by atomic mass is 9.44. The summed E-state index contributed by atoms with van der Waals surface area (Å²) in [5.41, 5.74) is -7.45. The minimum atomic E-state index is -2.68. The number of carbonyl (C=O) groups is 6. The molecule has 7 rings (SSSR count). The molecule has 358 valence electrons. The SMILES string of the molecule is CC[Si](CC)(CC)O[C@H]1C[C@H]2OC[C@@]2(OC(C)=O)[C@H]2[C@H](OC(=O)c3ccccc3)[C@]3(O)C[C@H](OC(=O)CC(=O)c4cccc(F)c4)C(C)=C([C@@H](OC(=O)Oc4ccccc4)C(=O)[C@]12C)C3(C)C. The van der Waals surface area contributed by atoms with Crippen LogP contribution in [-0.4, -0.2) is 97.4 Å². The summed E-state index contributed by atoms with van der Waals surface area (Å²) >= 11 is 0. The Morgan fingerprint density at radius 2 is 1.48 bits per heavy atom. The van der Waals surface area contributed by atoms with Gasteiger partial charge in [-0.2, -0.15) is 0 Å². The van der Waals surface area contributed by atoms with Crippen molar-refractivity contribution in [2.45, 2.75) is 135 Å². The molecule has 0 unspecified atom stereocenters. The minimum absolute atomic E-state index is 0.0169. The van der Waals surface area contributed by atoms with Crippen LogP contribution in [0.3, 0.4) is 0 Å². The van der Waals surface area contributed by atoms with Gasteiger partial charge >= 0.3 is 24.1 Å². The molecule has 0 spiro atoms.